The SMILES string of the molecule is c1ccc(-c2ccc(N(c3ccccc3)c3ccccc3N(c3ccc(C45CC6CC(CC(C6)C4)C5)cc3)c3ccc4c5ccccc5n(-c5ccccc5)c4c3)cc2)cc1. The Morgan fingerprint density at radius 1 is 0.377 bits per heavy atom. The van der Waals surface area contributed by atoms with Gasteiger partial charge in [-0.05, 0) is 157 Å². The van der Waals surface area contributed by atoms with Gasteiger partial charge in [-0.3, -0.25) is 0 Å². The maximum atomic E-state index is 2.50. The van der Waals surface area contributed by atoms with Gasteiger partial charge >= 0.3 is 0 Å². The van der Waals surface area contributed by atoms with E-state index in [2.05, 4.69) is 221 Å². The predicted octanol–water partition coefficient (Wildman–Crippen LogP) is 15.9. The van der Waals surface area contributed by atoms with E-state index < -0.39 is 0 Å². The number of para-hydroxylation sites is 5. The molecule has 4 aliphatic carbocycles. The van der Waals surface area contributed by atoms with Crippen LogP contribution in [0.2, 0.25) is 0 Å². The van der Waals surface area contributed by atoms with Gasteiger partial charge in [0.25, 0.3) is 0 Å². The third-order valence-corrected chi connectivity index (χ3v) is 14.3. The molecule has 3 heteroatoms. The summed E-state index contributed by atoms with van der Waals surface area (Å²) >= 11 is 0. The number of nitrogens with zero attached hydrogens (tertiary/aromatic N) is 3. The van der Waals surface area contributed by atoms with Crippen LogP contribution in [-0.4, -0.2) is 4.57 Å². The molecule has 1 aromatic heterocycles. The standard InChI is InChI=1S/C58H49N3/c1-4-14-44(15-5-1)45-24-28-49(29-25-45)59(47-16-6-2-7-17-47)55-22-12-13-23-56(55)60(50-30-26-46(27-31-50)58-38-41-34-42(39-58)36-43(35-41)40-58)51-32-33-53-52-20-10-11-21-54(52)61(57(53)37-51)48-18-8-3-9-19-48/h1-33,37,41-43H,34-36,38-40H2. The Morgan fingerprint density at radius 2 is 0.836 bits per heavy atom. The number of fused-ring (bicyclic) bond motifs is 3. The highest BCUT2D eigenvalue weighted by atomic mass is 15.2. The minimum absolute atomic E-state index is 0.335. The number of benzene rings is 8. The van der Waals surface area contributed by atoms with Gasteiger partial charge in [-0.15, -0.1) is 0 Å². The second-order valence-electron chi connectivity index (χ2n) is 18.0. The minimum Gasteiger partial charge on any atom is -0.309 e. The fraction of sp³-hybridized carbons (Fsp3) is 0.172. The second kappa shape index (κ2) is 14.7. The lowest BCUT2D eigenvalue weighted by Crippen LogP contribution is -2.48. The lowest BCUT2D eigenvalue weighted by atomic mass is 9.48. The minimum atomic E-state index is 0.335. The van der Waals surface area contributed by atoms with Crippen LogP contribution in [0.25, 0.3) is 38.6 Å². The van der Waals surface area contributed by atoms with Crippen molar-refractivity contribution >= 4 is 55.9 Å². The molecule has 0 aliphatic heterocycles. The van der Waals surface area contributed by atoms with Crippen molar-refractivity contribution in [1.29, 1.82) is 0 Å². The van der Waals surface area contributed by atoms with Gasteiger partial charge in [-0.1, -0.05) is 127 Å². The Hall–Kier alpha value is -6.84. The molecule has 4 bridgehead atoms. The highest BCUT2D eigenvalue weighted by molar-refractivity contribution is 6.10. The van der Waals surface area contributed by atoms with E-state index in [0.717, 1.165) is 57.6 Å². The van der Waals surface area contributed by atoms with Crippen molar-refractivity contribution in [2.24, 2.45) is 17.8 Å². The Kier molecular flexibility index (Phi) is 8.69. The van der Waals surface area contributed by atoms with Crippen LogP contribution in [0.1, 0.15) is 44.1 Å². The van der Waals surface area contributed by atoms with Gasteiger partial charge in [0, 0.05) is 39.2 Å². The first-order valence-corrected chi connectivity index (χ1v) is 22.3. The number of hydrogen-bond acceptors (Lipinski definition) is 2. The first-order chi connectivity index (χ1) is 30.2. The summed E-state index contributed by atoms with van der Waals surface area (Å²) in [5, 5.41) is 2.51. The van der Waals surface area contributed by atoms with Gasteiger partial charge in [0.2, 0.25) is 0 Å². The van der Waals surface area contributed by atoms with E-state index in [1.54, 1.807) is 5.56 Å². The maximum Gasteiger partial charge on any atom is 0.0702 e. The predicted molar refractivity (Wildman–Crippen MR) is 255 cm³/mol. The molecule has 4 fully saturated rings. The monoisotopic (exact) mass is 787 g/mol. The second-order valence-corrected chi connectivity index (χ2v) is 18.0. The van der Waals surface area contributed by atoms with E-state index in [1.807, 2.05) is 0 Å². The molecule has 4 saturated carbocycles. The largest absolute Gasteiger partial charge is 0.309 e. The molecule has 296 valence electrons. The highest BCUT2D eigenvalue weighted by Crippen LogP contribution is 2.61. The maximum absolute atomic E-state index is 2.50. The molecule has 13 rings (SSSR count). The number of anilines is 6. The van der Waals surface area contributed by atoms with Crippen LogP contribution in [0.5, 0.6) is 0 Å². The van der Waals surface area contributed by atoms with Crippen molar-refractivity contribution in [3.63, 3.8) is 0 Å². The number of rotatable bonds is 9. The Morgan fingerprint density at radius 3 is 1.48 bits per heavy atom. The summed E-state index contributed by atoms with van der Waals surface area (Å²) in [5.41, 5.74) is 14.6. The molecule has 0 N–H and O–H groups in total. The molecule has 61 heavy (non-hydrogen) atoms. The van der Waals surface area contributed by atoms with Crippen molar-refractivity contribution in [2.45, 2.75) is 43.9 Å². The van der Waals surface area contributed by atoms with Gasteiger partial charge in [0.15, 0.2) is 0 Å². The molecule has 0 unspecified atom stereocenters. The zero-order valence-electron chi connectivity index (χ0n) is 34.4. The van der Waals surface area contributed by atoms with Gasteiger partial charge in [-0.25, -0.2) is 0 Å². The molecule has 9 aromatic rings. The summed E-state index contributed by atoms with van der Waals surface area (Å²) in [7, 11) is 0. The van der Waals surface area contributed by atoms with E-state index in [-0.39, 0.29) is 0 Å². The van der Waals surface area contributed by atoms with Gasteiger partial charge in [0.1, 0.15) is 0 Å². The molecule has 0 spiro atoms. The van der Waals surface area contributed by atoms with Crippen LogP contribution in [0.3, 0.4) is 0 Å². The van der Waals surface area contributed by atoms with E-state index in [9.17, 15) is 0 Å². The lowest BCUT2D eigenvalue weighted by molar-refractivity contribution is -0.00518. The zero-order valence-corrected chi connectivity index (χ0v) is 34.4. The molecular weight excluding hydrogens is 739 g/mol. The summed E-state index contributed by atoms with van der Waals surface area (Å²) in [6.07, 6.45) is 8.45. The van der Waals surface area contributed by atoms with Gasteiger partial charge in [-0.2, -0.15) is 0 Å². The molecule has 0 atom stereocenters. The van der Waals surface area contributed by atoms with Crippen LogP contribution in [0.4, 0.5) is 34.1 Å². The van der Waals surface area contributed by atoms with Gasteiger partial charge < -0.3 is 14.4 Å². The summed E-state index contributed by atoms with van der Waals surface area (Å²) < 4.78 is 2.43. The van der Waals surface area contributed by atoms with Crippen LogP contribution in [0.15, 0.2) is 206 Å². The molecule has 0 saturated heterocycles. The summed E-state index contributed by atoms with van der Waals surface area (Å²) in [4.78, 5) is 4.92. The highest BCUT2D eigenvalue weighted by Gasteiger charge is 2.51. The molecule has 0 radical (unpaired) electrons. The molecule has 0 amide bonds. The van der Waals surface area contributed by atoms with Crippen LogP contribution >= 0.6 is 0 Å². The first-order valence-electron chi connectivity index (χ1n) is 22.3. The Labute approximate surface area is 359 Å². The Bertz CT molecular complexity index is 2950. The van der Waals surface area contributed by atoms with Crippen molar-refractivity contribution in [3.05, 3.63) is 212 Å². The smallest absolute Gasteiger partial charge is 0.0702 e. The van der Waals surface area contributed by atoms with E-state index in [1.165, 1.54) is 71.5 Å². The van der Waals surface area contributed by atoms with Crippen molar-refractivity contribution in [2.75, 3.05) is 9.80 Å². The van der Waals surface area contributed by atoms with Crippen molar-refractivity contribution in [3.8, 4) is 16.8 Å². The van der Waals surface area contributed by atoms with Crippen LogP contribution in [0, 0.1) is 17.8 Å². The molecular formula is C58H49N3. The van der Waals surface area contributed by atoms with E-state index >= 15 is 0 Å². The number of aromatic nitrogens is 1. The third-order valence-electron chi connectivity index (χ3n) is 14.3. The molecule has 3 nitrogen and oxygen atoms in total. The van der Waals surface area contributed by atoms with Crippen LogP contribution in [-0.2, 0) is 5.41 Å². The Balaban J connectivity index is 1.05. The molecule has 8 aromatic carbocycles. The average molecular weight is 788 g/mol. The third kappa shape index (κ3) is 6.25. The normalized spacial score (nSPS) is 20.3. The van der Waals surface area contributed by atoms with Gasteiger partial charge in [0.05, 0.1) is 22.4 Å². The first kappa shape index (κ1) is 36.0. The fourth-order valence-corrected chi connectivity index (χ4v) is 12.1. The summed E-state index contributed by atoms with van der Waals surface area (Å²) in [5.74, 6) is 2.72. The zero-order chi connectivity index (χ0) is 40.3. The van der Waals surface area contributed by atoms with Crippen molar-refractivity contribution in [1.82, 2.24) is 4.57 Å². The quantitative estimate of drug-likeness (QED) is 0.144. The number of hydrogen-bond donors (Lipinski definition) is 0. The topological polar surface area (TPSA) is 11.4 Å². The summed E-state index contributed by atoms with van der Waals surface area (Å²) in [6, 6.07) is 76.0. The van der Waals surface area contributed by atoms with E-state index in [4.69, 9.17) is 0 Å². The van der Waals surface area contributed by atoms with E-state index in [0.29, 0.717) is 5.41 Å². The molecule has 4 aliphatic rings. The van der Waals surface area contributed by atoms with Crippen LogP contribution < -0.4 is 9.80 Å². The molecule has 1 heterocycles. The lowest BCUT2D eigenvalue weighted by Gasteiger charge is -2.57. The average Bonchev–Trinajstić information content (AvgIpc) is 3.64. The summed E-state index contributed by atoms with van der Waals surface area (Å²) in [6.45, 7) is 0. The fourth-order valence-electron chi connectivity index (χ4n) is 12.1. The van der Waals surface area contributed by atoms with Crippen molar-refractivity contribution < 1.29 is 0 Å².